The molecule has 1 aliphatic heterocycles. The Bertz CT molecular complexity index is 978. The molecule has 7 heteroatoms. The van der Waals surface area contributed by atoms with Crippen molar-refractivity contribution < 1.29 is 9.90 Å². The quantitative estimate of drug-likeness (QED) is 0.644. The lowest BCUT2D eigenvalue weighted by Crippen LogP contribution is -2.37. The van der Waals surface area contributed by atoms with Crippen LogP contribution in [0.5, 0.6) is 0 Å². The molecule has 0 saturated carbocycles. The average Bonchev–Trinajstić information content (AvgIpc) is 3.04. The van der Waals surface area contributed by atoms with Crippen LogP contribution in [0.2, 0.25) is 10.0 Å². The summed E-state index contributed by atoms with van der Waals surface area (Å²) >= 11 is 12.3. The van der Waals surface area contributed by atoms with Crippen LogP contribution in [-0.4, -0.2) is 38.7 Å². The first kappa shape index (κ1) is 17.2. The highest BCUT2D eigenvalue weighted by atomic mass is 35.5. The monoisotopic (exact) mass is 389 g/mol. The molecule has 1 aromatic carbocycles. The third-order valence-electron chi connectivity index (χ3n) is 4.99. The molecule has 3 aromatic rings. The van der Waals surface area contributed by atoms with Gasteiger partial charge in [-0.15, -0.1) is 0 Å². The Hall–Kier alpha value is -2.24. The summed E-state index contributed by atoms with van der Waals surface area (Å²) in [6.07, 6.45) is 6.49. The zero-order valence-corrected chi connectivity index (χ0v) is 15.4. The molecule has 2 aromatic heterocycles. The van der Waals surface area contributed by atoms with E-state index in [-0.39, 0.29) is 6.04 Å². The van der Waals surface area contributed by atoms with E-state index >= 15 is 0 Å². The number of piperidine rings is 1. The summed E-state index contributed by atoms with van der Waals surface area (Å²) in [6.45, 7) is 1.10. The molecular weight excluding hydrogens is 373 g/mol. The zero-order valence-electron chi connectivity index (χ0n) is 13.9. The van der Waals surface area contributed by atoms with Crippen LogP contribution in [0.4, 0.5) is 4.79 Å². The van der Waals surface area contributed by atoms with Gasteiger partial charge in [-0.1, -0.05) is 29.3 Å². The summed E-state index contributed by atoms with van der Waals surface area (Å²) in [4.78, 5) is 16.9. The first-order chi connectivity index (χ1) is 12.5. The molecule has 5 nitrogen and oxygen atoms in total. The van der Waals surface area contributed by atoms with E-state index in [1.165, 1.54) is 4.90 Å². The normalized spacial score (nSPS) is 15.5. The highest BCUT2D eigenvalue weighted by Gasteiger charge is 2.25. The van der Waals surface area contributed by atoms with Crippen LogP contribution >= 0.6 is 23.2 Å². The SMILES string of the molecule is O=C(O)N1CCC(n2cc(-c3ccc(Cl)c(Cl)c3)c3cnccc32)CC1. The molecule has 0 unspecified atom stereocenters. The lowest BCUT2D eigenvalue weighted by molar-refractivity contribution is 0.126. The van der Waals surface area contributed by atoms with E-state index < -0.39 is 6.09 Å². The zero-order chi connectivity index (χ0) is 18.3. The van der Waals surface area contributed by atoms with Gasteiger partial charge in [0.25, 0.3) is 0 Å². The Kier molecular flexibility index (Phi) is 4.51. The number of amides is 1. The van der Waals surface area contributed by atoms with Gasteiger partial charge in [0, 0.05) is 48.7 Å². The standard InChI is InChI=1S/C19H17Cl2N3O2/c20-16-2-1-12(9-17(16)21)15-11-24(18-3-6-22-10-14(15)18)13-4-7-23(8-5-13)19(25)26/h1-3,6,9-11,13H,4-5,7-8H2,(H,25,26). The molecule has 0 bridgehead atoms. The van der Waals surface area contributed by atoms with E-state index in [2.05, 4.69) is 15.7 Å². The van der Waals surface area contributed by atoms with Gasteiger partial charge in [0.05, 0.1) is 15.6 Å². The second-order valence-corrected chi connectivity index (χ2v) is 7.29. The number of benzene rings is 1. The van der Waals surface area contributed by atoms with Crippen molar-refractivity contribution in [3.05, 3.63) is 52.9 Å². The topological polar surface area (TPSA) is 58.4 Å². The number of fused-ring (bicyclic) bond motifs is 1. The predicted octanol–water partition coefficient (Wildman–Crippen LogP) is 5.33. The number of hydrogen-bond donors (Lipinski definition) is 1. The summed E-state index contributed by atoms with van der Waals surface area (Å²) < 4.78 is 2.24. The van der Waals surface area contributed by atoms with Crippen molar-refractivity contribution in [1.29, 1.82) is 0 Å². The Labute approximate surface area is 160 Å². The van der Waals surface area contributed by atoms with Crippen LogP contribution in [0.3, 0.4) is 0 Å². The number of rotatable bonds is 2. The molecule has 1 fully saturated rings. The van der Waals surface area contributed by atoms with E-state index in [4.69, 9.17) is 28.3 Å². The maximum Gasteiger partial charge on any atom is 0.407 e. The molecule has 26 heavy (non-hydrogen) atoms. The van der Waals surface area contributed by atoms with Crippen LogP contribution in [0.1, 0.15) is 18.9 Å². The Balaban J connectivity index is 1.75. The predicted molar refractivity (Wildman–Crippen MR) is 103 cm³/mol. The second kappa shape index (κ2) is 6.82. The average molecular weight is 390 g/mol. The molecule has 0 radical (unpaired) electrons. The second-order valence-electron chi connectivity index (χ2n) is 6.47. The highest BCUT2D eigenvalue weighted by molar-refractivity contribution is 6.42. The van der Waals surface area contributed by atoms with E-state index in [1.54, 1.807) is 12.3 Å². The molecule has 0 atom stereocenters. The fourth-order valence-corrected chi connectivity index (χ4v) is 3.93. The van der Waals surface area contributed by atoms with Gasteiger partial charge in [0.1, 0.15) is 0 Å². The smallest absolute Gasteiger partial charge is 0.407 e. The highest BCUT2D eigenvalue weighted by Crippen LogP contribution is 2.37. The molecule has 3 heterocycles. The Morgan fingerprint density at radius 1 is 1.15 bits per heavy atom. The van der Waals surface area contributed by atoms with Crippen molar-refractivity contribution in [3.8, 4) is 11.1 Å². The summed E-state index contributed by atoms with van der Waals surface area (Å²) in [5, 5.41) is 11.2. The van der Waals surface area contributed by atoms with E-state index in [1.807, 2.05) is 24.4 Å². The van der Waals surface area contributed by atoms with Gasteiger partial charge in [-0.25, -0.2) is 4.79 Å². The molecule has 1 N–H and O–H groups in total. The van der Waals surface area contributed by atoms with E-state index in [9.17, 15) is 4.79 Å². The van der Waals surface area contributed by atoms with Crippen LogP contribution in [0.25, 0.3) is 22.0 Å². The maximum atomic E-state index is 11.1. The van der Waals surface area contributed by atoms with Crippen LogP contribution in [-0.2, 0) is 0 Å². The number of likely N-dealkylation sites (tertiary alicyclic amines) is 1. The molecule has 1 aliphatic rings. The van der Waals surface area contributed by atoms with Crippen molar-refractivity contribution in [3.63, 3.8) is 0 Å². The summed E-state index contributed by atoms with van der Waals surface area (Å²) in [7, 11) is 0. The van der Waals surface area contributed by atoms with Gasteiger partial charge < -0.3 is 14.6 Å². The number of pyridine rings is 1. The molecular formula is C19H17Cl2N3O2. The molecule has 0 aliphatic carbocycles. The summed E-state index contributed by atoms with van der Waals surface area (Å²) in [5.74, 6) is 0. The Morgan fingerprint density at radius 2 is 1.92 bits per heavy atom. The number of carbonyl (C=O) groups is 1. The van der Waals surface area contributed by atoms with Gasteiger partial charge >= 0.3 is 6.09 Å². The van der Waals surface area contributed by atoms with Gasteiger partial charge in [-0.3, -0.25) is 4.98 Å². The number of hydrogen-bond acceptors (Lipinski definition) is 2. The van der Waals surface area contributed by atoms with Crippen molar-refractivity contribution in [2.75, 3.05) is 13.1 Å². The fourth-order valence-electron chi connectivity index (χ4n) is 3.63. The van der Waals surface area contributed by atoms with Gasteiger partial charge in [0.15, 0.2) is 0 Å². The minimum Gasteiger partial charge on any atom is -0.465 e. The largest absolute Gasteiger partial charge is 0.465 e. The number of carboxylic acid groups (broad SMARTS) is 1. The fraction of sp³-hybridized carbons (Fsp3) is 0.263. The molecule has 1 amide bonds. The van der Waals surface area contributed by atoms with Crippen molar-refractivity contribution in [2.24, 2.45) is 0 Å². The summed E-state index contributed by atoms with van der Waals surface area (Å²) in [6, 6.07) is 7.87. The minimum atomic E-state index is -0.846. The third kappa shape index (κ3) is 3.02. The third-order valence-corrected chi connectivity index (χ3v) is 5.73. The van der Waals surface area contributed by atoms with Crippen LogP contribution in [0, 0.1) is 0 Å². The lowest BCUT2D eigenvalue weighted by Gasteiger charge is -2.31. The minimum absolute atomic E-state index is 0.257. The lowest BCUT2D eigenvalue weighted by atomic mass is 10.1. The van der Waals surface area contributed by atoms with Gasteiger partial charge in [0.2, 0.25) is 0 Å². The van der Waals surface area contributed by atoms with E-state index in [0.717, 1.165) is 34.9 Å². The van der Waals surface area contributed by atoms with Crippen LogP contribution < -0.4 is 0 Å². The molecule has 4 rings (SSSR count). The molecule has 0 spiro atoms. The molecule has 134 valence electrons. The van der Waals surface area contributed by atoms with Gasteiger partial charge in [-0.05, 0) is 36.6 Å². The van der Waals surface area contributed by atoms with Gasteiger partial charge in [-0.2, -0.15) is 0 Å². The Morgan fingerprint density at radius 3 is 2.62 bits per heavy atom. The molecule has 1 saturated heterocycles. The van der Waals surface area contributed by atoms with E-state index in [0.29, 0.717) is 23.1 Å². The first-order valence-electron chi connectivity index (χ1n) is 8.42. The first-order valence-corrected chi connectivity index (χ1v) is 9.18. The van der Waals surface area contributed by atoms with Crippen molar-refractivity contribution in [1.82, 2.24) is 14.5 Å². The number of aromatic nitrogens is 2. The van der Waals surface area contributed by atoms with Crippen molar-refractivity contribution in [2.45, 2.75) is 18.9 Å². The number of nitrogens with zero attached hydrogens (tertiary/aromatic N) is 3. The van der Waals surface area contributed by atoms with Crippen molar-refractivity contribution >= 4 is 40.2 Å². The maximum absolute atomic E-state index is 11.1. The van der Waals surface area contributed by atoms with Crippen LogP contribution in [0.15, 0.2) is 42.9 Å². The number of halogens is 2. The summed E-state index contributed by atoms with van der Waals surface area (Å²) in [5.41, 5.74) is 3.13.